The number of hydrogen-bond donors (Lipinski definition) is 1. The van der Waals surface area contributed by atoms with Crippen LogP contribution in [0.15, 0.2) is 18.7 Å². The van der Waals surface area contributed by atoms with E-state index in [0.29, 0.717) is 11.5 Å². The fourth-order valence-electron chi connectivity index (χ4n) is 2.03. The number of imidazole rings is 1. The molecule has 1 atom stereocenters. The predicted molar refractivity (Wildman–Crippen MR) is 66.3 cm³/mol. The van der Waals surface area contributed by atoms with Gasteiger partial charge in [-0.3, -0.25) is 0 Å². The minimum atomic E-state index is 0.602. The van der Waals surface area contributed by atoms with Crippen molar-refractivity contribution >= 4 is 0 Å². The van der Waals surface area contributed by atoms with E-state index in [1.807, 2.05) is 18.7 Å². The molecule has 90 valence electrons. The summed E-state index contributed by atoms with van der Waals surface area (Å²) in [5, 5.41) is 3.64. The van der Waals surface area contributed by atoms with E-state index in [4.69, 9.17) is 0 Å². The van der Waals surface area contributed by atoms with E-state index < -0.39 is 0 Å². The van der Waals surface area contributed by atoms with Crippen LogP contribution >= 0.6 is 0 Å². The Labute approximate surface area is 98.3 Å². The van der Waals surface area contributed by atoms with E-state index >= 15 is 0 Å². The smallest absolute Gasteiger partial charge is 0.0945 e. The van der Waals surface area contributed by atoms with Crippen molar-refractivity contribution in [1.29, 1.82) is 0 Å². The standard InChI is InChI=1S/C13H23N3/c1-12(13(2)5-6-13)15-7-3-4-9-16-10-8-14-11-16/h8,10-12,15H,3-7,9H2,1-2H3. The number of nitrogens with one attached hydrogen (secondary N) is 1. The molecule has 2 rings (SSSR count). The monoisotopic (exact) mass is 221 g/mol. The van der Waals surface area contributed by atoms with Crippen LogP contribution in [-0.4, -0.2) is 22.1 Å². The van der Waals surface area contributed by atoms with Gasteiger partial charge in [-0.1, -0.05) is 6.92 Å². The lowest BCUT2D eigenvalue weighted by Crippen LogP contribution is -2.34. The highest BCUT2D eigenvalue weighted by Gasteiger charge is 2.41. The molecule has 1 heterocycles. The second kappa shape index (κ2) is 5.00. The normalized spacial score (nSPS) is 19.6. The molecule has 0 amide bonds. The average molecular weight is 221 g/mol. The van der Waals surface area contributed by atoms with Crippen LogP contribution in [0, 0.1) is 5.41 Å². The zero-order valence-corrected chi connectivity index (χ0v) is 10.4. The summed E-state index contributed by atoms with van der Waals surface area (Å²) in [5.74, 6) is 0. The van der Waals surface area contributed by atoms with Crippen molar-refractivity contribution in [3.05, 3.63) is 18.7 Å². The van der Waals surface area contributed by atoms with Crippen molar-refractivity contribution in [2.75, 3.05) is 6.54 Å². The average Bonchev–Trinajstić information content (AvgIpc) is 2.81. The van der Waals surface area contributed by atoms with Gasteiger partial charge in [0.25, 0.3) is 0 Å². The van der Waals surface area contributed by atoms with E-state index in [9.17, 15) is 0 Å². The van der Waals surface area contributed by atoms with Gasteiger partial charge in [-0.2, -0.15) is 0 Å². The first-order valence-electron chi connectivity index (χ1n) is 6.40. The molecule has 1 saturated carbocycles. The van der Waals surface area contributed by atoms with Gasteiger partial charge in [-0.05, 0) is 44.6 Å². The zero-order chi connectivity index (χ0) is 11.4. The molecule has 0 radical (unpaired) electrons. The molecule has 0 bridgehead atoms. The summed E-state index contributed by atoms with van der Waals surface area (Å²) >= 11 is 0. The minimum Gasteiger partial charge on any atom is -0.337 e. The van der Waals surface area contributed by atoms with Crippen molar-refractivity contribution in [3.8, 4) is 0 Å². The second-order valence-corrected chi connectivity index (χ2v) is 5.34. The summed E-state index contributed by atoms with van der Waals surface area (Å²) in [4.78, 5) is 4.04. The minimum absolute atomic E-state index is 0.602. The number of unbranched alkanes of at least 4 members (excludes halogenated alkanes) is 1. The Hall–Kier alpha value is -0.830. The molecular weight excluding hydrogens is 198 g/mol. The maximum Gasteiger partial charge on any atom is 0.0945 e. The number of aryl methyl sites for hydroxylation is 1. The molecule has 1 N–H and O–H groups in total. The third-order valence-electron chi connectivity index (χ3n) is 3.94. The van der Waals surface area contributed by atoms with Gasteiger partial charge in [-0.15, -0.1) is 0 Å². The van der Waals surface area contributed by atoms with Crippen molar-refractivity contribution in [3.63, 3.8) is 0 Å². The first-order chi connectivity index (χ1) is 7.71. The molecule has 1 aromatic rings. The van der Waals surface area contributed by atoms with Crippen molar-refractivity contribution in [2.45, 2.75) is 52.1 Å². The van der Waals surface area contributed by atoms with E-state index in [0.717, 1.165) is 13.1 Å². The number of rotatable bonds is 7. The van der Waals surface area contributed by atoms with E-state index in [1.165, 1.54) is 25.7 Å². The molecule has 1 aliphatic carbocycles. The summed E-state index contributed by atoms with van der Waals surface area (Å²) in [7, 11) is 0. The molecule has 3 heteroatoms. The van der Waals surface area contributed by atoms with Crippen molar-refractivity contribution in [1.82, 2.24) is 14.9 Å². The maximum atomic E-state index is 4.04. The summed E-state index contributed by atoms with van der Waals surface area (Å²) in [5.41, 5.74) is 0.602. The van der Waals surface area contributed by atoms with Gasteiger partial charge in [0.05, 0.1) is 6.33 Å². The highest BCUT2D eigenvalue weighted by atomic mass is 15.0. The van der Waals surface area contributed by atoms with Gasteiger partial charge in [0.1, 0.15) is 0 Å². The molecule has 1 fully saturated rings. The van der Waals surface area contributed by atoms with Crippen LogP contribution in [0.2, 0.25) is 0 Å². The van der Waals surface area contributed by atoms with E-state index in [-0.39, 0.29) is 0 Å². The van der Waals surface area contributed by atoms with Gasteiger partial charge < -0.3 is 9.88 Å². The predicted octanol–water partition coefficient (Wildman–Crippen LogP) is 2.44. The molecule has 16 heavy (non-hydrogen) atoms. The zero-order valence-electron chi connectivity index (χ0n) is 10.4. The Kier molecular flexibility index (Phi) is 3.64. The largest absolute Gasteiger partial charge is 0.337 e. The molecule has 3 nitrogen and oxygen atoms in total. The second-order valence-electron chi connectivity index (χ2n) is 5.34. The summed E-state index contributed by atoms with van der Waals surface area (Å²) < 4.78 is 2.14. The topological polar surface area (TPSA) is 29.9 Å². The van der Waals surface area contributed by atoms with Crippen LogP contribution in [0.5, 0.6) is 0 Å². The first kappa shape index (κ1) is 11.6. The SMILES string of the molecule is CC(NCCCCn1ccnc1)C1(C)CC1. The van der Waals surface area contributed by atoms with E-state index in [1.54, 1.807) is 0 Å². The molecular formula is C13H23N3. The van der Waals surface area contributed by atoms with E-state index in [2.05, 4.69) is 28.7 Å². The van der Waals surface area contributed by atoms with Crippen molar-refractivity contribution in [2.24, 2.45) is 5.41 Å². The van der Waals surface area contributed by atoms with Crippen LogP contribution in [0.25, 0.3) is 0 Å². The first-order valence-corrected chi connectivity index (χ1v) is 6.40. The quantitative estimate of drug-likeness (QED) is 0.717. The number of hydrogen-bond acceptors (Lipinski definition) is 2. The molecule has 0 aliphatic heterocycles. The lowest BCUT2D eigenvalue weighted by Gasteiger charge is -2.20. The molecule has 0 saturated heterocycles. The summed E-state index contributed by atoms with van der Waals surface area (Å²) in [6.45, 7) is 6.94. The summed E-state index contributed by atoms with van der Waals surface area (Å²) in [6.07, 6.45) is 11.0. The Morgan fingerprint density at radius 1 is 1.44 bits per heavy atom. The fraction of sp³-hybridized carbons (Fsp3) is 0.769. The molecule has 1 aliphatic rings. The van der Waals surface area contributed by atoms with Crippen LogP contribution in [0.4, 0.5) is 0 Å². The Morgan fingerprint density at radius 2 is 2.25 bits per heavy atom. The maximum absolute atomic E-state index is 4.04. The fourth-order valence-corrected chi connectivity index (χ4v) is 2.03. The Balaban J connectivity index is 1.52. The van der Waals surface area contributed by atoms with Gasteiger partial charge in [0, 0.05) is 25.0 Å². The molecule has 0 spiro atoms. The molecule has 0 aromatic carbocycles. The third-order valence-corrected chi connectivity index (χ3v) is 3.94. The van der Waals surface area contributed by atoms with Crippen LogP contribution in [0.3, 0.4) is 0 Å². The summed E-state index contributed by atoms with van der Waals surface area (Å²) in [6, 6.07) is 0.681. The Morgan fingerprint density at radius 3 is 2.88 bits per heavy atom. The molecule has 1 unspecified atom stereocenters. The van der Waals surface area contributed by atoms with Gasteiger partial charge >= 0.3 is 0 Å². The lowest BCUT2D eigenvalue weighted by atomic mass is 10.0. The van der Waals surface area contributed by atoms with Gasteiger partial charge in [0.15, 0.2) is 0 Å². The third kappa shape index (κ3) is 3.08. The number of nitrogens with zero attached hydrogens (tertiary/aromatic N) is 2. The molecule has 1 aromatic heterocycles. The highest BCUT2D eigenvalue weighted by molar-refractivity contribution is 4.96. The van der Waals surface area contributed by atoms with Crippen LogP contribution < -0.4 is 5.32 Å². The van der Waals surface area contributed by atoms with Gasteiger partial charge in [0.2, 0.25) is 0 Å². The van der Waals surface area contributed by atoms with Crippen LogP contribution in [0.1, 0.15) is 39.5 Å². The Bertz CT molecular complexity index is 301. The van der Waals surface area contributed by atoms with Crippen molar-refractivity contribution < 1.29 is 0 Å². The van der Waals surface area contributed by atoms with Crippen LogP contribution in [-0.2, 0) is 6.54 Å². The van der Waals surface area contributed by atoms with Gasteiger partial charge in [-0.25, -0.2) is 4.98 Å². The highest BCUT2D eigenvalue weighted by Crippen LogP contribution is 2.47. The lowest BCUT2D eigenvalue weighted by molar-refractivity contribution is 0.376. The number of aromatic nitrogens is 2.